The van der Waals surface area contributed by atoms with E-state index in [2.05, 4.69) is 42.0 Å². The highest BCUT2D eigenvalue weighted by molar-refractivity contribution is 5.69. The highest BCUT2D eigenvalue weighted by Crippen LogP contribution is 2.12. The Bertz CT molecular complexity index is 636. The molecule has 0 aromatic carbocycles. The fourth-order valence-corrected chi connectivity index (χ4v) is 5.15. The molecular formula is C33H68Cl2N2O5. The van der Waals surface area contributed by atoms with Gasteiger partial charge in [0.2, 0.25) is 0 Å². The highest BCUT2D eigenvalue weighted by Gasteiger charge is 2.27. The van der Waals surface area contributed by atoms with E-state index in [0.717, 1.165) is 25.7 Å². The molecule has 0 heterocycles. The number of quaternary nitrogens is 2. The molecule has 42 heavy (non-hydrogen) atoms. The van der Waals surface area contributed by atoms with E-state index in [1.54, 1.807) is 0 Å². The van der Waals surface area contributed by atoms with Crippen LogP contribution in [-0.4, -0.2) is 99.7 Å². The van der Waals surface area contributed by atoms with Crippen LogP contribution in [0.1, 0.15) is 129 Å². The molecule has 0 radical (unpaired) electrons. The van der Waals surface area contributed by atoms with Crippen molar-refractivity contribution < 1.29 is 57.9 Å². The Morgan fingerprint density at radius 3 is 1.14 bits per heavy atom. The number of esters is 2. The minimum Gasteiger partial charge on any atom is -1.00 e. The molecule has 1 atom stereocenters. The van der Waals surface area contributed by atoms with Crippen molar-refractivity contribution in [3.8, 4) is 0 Å². The molecule has 7 nitrogen and oxygen atoms in total. The molecule has 1 N–H and O–H groups in total. The van der Waals surface area contributed by atoms with Gasteiger partial charge in [0, 0.05) is 12.8 Å². The molecule has 254 valence electrons. The zero-order valence-corrected chi connectivity index (χ0v) is 29.8. The van der Waals surface area contributed by atoms with Crippen molar-refractivity contribution in [1.29, 1.82) is 0 Å². The van der Waals surface area contributed by atoms with Gasteiger partial charge in [-0.15, -0.1) is 0 Å². The molecule has 0 aromatic heterocycles. The molecule has 0 bridgehead atoms. The van der Waals surface area contributed by atoms with Crippen LogP contribution in [0.4, 0.5) is 0 Å². The Hall–Kier alpha value is -0.600. The highest BCUT2D eigenvalue weighted by atomic mass is 35.5. The van der Waals surface area contributed by atoms with Crippen LogP contribution in [0.2, 0.25) is 0 Å². The molecule has 0 saturated heterocycles. The van der Waals surface area contributed by atoms with Gasteiger partial charge in [-0.1, -0.05) is 104 Å². The minimum atomic E-state index is -0.494. The maximum atomic E-state index is 12.1. The molecule has 0 amide bonds. The largest absolute Gasteiger partial charge is 1.00 e. The Morgan fingerprint density at radius 1 is 0.548 bits per heavy atom. The van der Waals surface area contributed by atoms with Crippen LogP contribution in [0.15, 0.2) is 0 Å². The fraction of sp³-hybridized carbons (Fsp3) is 0.939. The number of unbranched alkanes of at least 4 members (excludes halogenated alkanes) is 14. The van der Waals surface area contributed by atoms with E-state index in [1.807, 2.05) is 0 Å². The number of carbonyl (C=O) groups is 2. The number of aliphatic hydroxyl groups excluding tert-OH is 1. The Balaban J connectivity index is -0.00000760. The number of nitrogens with zero attached hydrogens (tertiary/aromatic N) is 2. The zero-order chi connectivity index (χ0) is 30.1. The van der Waals surface area contributed by atoms with Gasteiger partial charge in [0.25, 0.3) is 0 Å². The third-order valence-electron chi connectivity index (χ3n) is 7.80. The van der Waals surface area contributed by atoms with E-state index < -0.39 is 6.10 Å². The van der Waals surface area contributed by atoms with Crippen molar-refractivity contribution in [2.24, 2.45) is 0 Å². The van der Waals surface area contributed by atoms with Gasteiger partial charge < -0.3 is 48.4 Å². The fourth-order valence-electron chi connectivity index (χ4n) is 5.15. The summed E-state index contributed by atoms with van der Waals surface area (Å²) in [5.41, 5.74) is 0. The summed E-state index contributed by atoms with van der Waals surface area (Å²) in [6, 6.07) is 0. The van der Waals surface area contributed by atoms with Gasteiger partial charge in [-0.25, -0.2) is 0 Å². The van der Waals surface area contributed by atoms with E-state index in [-0.39, 0.29) is 36.8 Å². The first-order chi connectivity index (χ1) is 19.0. The van der Waals surface area contributed by atoms with Crippen LogP contribution in [0.25, 0.3) is 0 Å². The number of carbonyl (C=O) groups excluding carboxylic acids is 2. The van der Waals surface area contributed by atoms with Gasteiger partial charge in [0.05, 0.1) is 28.2 Å². The second-order valence-corrected chi connectivity index (χ2v) is 13.2. The van der Waals surface area contributed by atoms with Gasteiger partial charge in [-0.3, -0.25) is 9.59 Å². The number of hydrogen-bond acceptors (Lipinski definition) is 5. The number of likely N-dealkylation sites (N-methyl/N-ethyl adjacent to an activating group) is 2. The van der Waals surface area contributed by atoms with Crippen LogP contribution >= 0.6 is 0 Å². The van der Waals surface area contributed by atoms with Gasteiger partial charge in [0.1, 0.15) is 39.4 Å². The van der Waals surface area contributed by atoms with Crippen molar-refractivity contribution in [1.82, 2.24) is 0 Å². The van der Waals surface area contributed by atoms with Crippen LogP contribution < -0.4 is 24.8 Å². The molecule has 0 fully saturated rings. The second-order valence-electron chi connectivity index (χ2n) is 13.2. The molecule has 0 saturated carbocycles. The van der Waals surface area contributed by atoms with Crippen LogP contribution in [0.5, 0.6) is 0 Å². The third-order valence-corrected chi connectivity index (χ3v) is 7.80. The van der Waals surface area contributed by atoms with Crippen molar-refractivity contribution in [3.05, 3.63) is 0 Å². The van der Waals surface area contributed by atoms with Gasteiger partial charge >= 0.3 is 11.9 Å². The Kier molecular flexibility index (Phi) is 31.8. The molecule has 0 aliphatic rings. The van der Waals surface area contributed by atoms with E-state index in [9.17, 15) is 14.7 Å². The first-order valence-corrected chi connectivity index (χ1v) is 16.6. The average Bonchev–Trinajstić information content (AvgIpc) is 2.86. The quantitative estimate of drug-likeness (QED) is 0.0771. The van der Waals surface area contributed by atoms with Crippen molar-refractivity contribution >= 4 is 11.9 Å². The zero-order valence-electron chi connectivity index (χ0n) is 28.3. The average molecular weight is 644 g/mol. The number of hydrogen-bond donors (Lipinski definition) is 1. The van der Waals surface area contributed by atoms with Gasteiger partial charge in [-0.05, 0) is 12.8 Å². The van der Waals surface area contributed by atoms with Crippen molar-refractivity contribution in [2.45, 2.75) is 136 Å². The van der Waals surface area contributed by atoms with Crippen LogP contribution in [0.3, 0.4) is 0 Å². The van der Waals surface area contributed by atoms with E-state index in [1.165, 1.54) is 77.0 Å². The third kappa shape index (κ3) is 30.8. The molecular weight excluding hydrogens is 575 g/mol. The number of aliphatic hydroxyl groups is 1. The van der Waals surface area contributed by atoms with Crippen molar-refractivity contribution in [2.75, 3.05) is 67.6 Å². The predicted octanol–water partition coefficient (Wildman–Crippen LogP) is 0.656. The summed E-state index contributed by atoms with van der Waals surface area (Å²) in [4.78, 5) is 24.1. The molecule has 0 aromatic rings. The molecule has 0 rings (SSSR count). The van der Waals surface area contributed by atoms with E-state index in [4.69, 9.17) is 9.47 Å². The number of halogens is 2. The topological polar surface area (TPSA) is 72.8 Å². The smallest absolute Gasteiger partial charge is 0.305 e. The summed E-state index contributed by atoms with van der Waals surface area (Å²) < 4.78 is 12.1. The lowest BCUT2D eigenvalue weighted by molar-refractivity contribution is -0.914. The Labute approximate surface area is 272 Å². The number of ether oxygens (including phenoxy) is 2. The first kappa shape index (κ1) is 45.8. The molecule has 1 unspecified atom stereocenters. The van der Waals surface area contributed by atoms with Gasteiger partial charge in [0.15, 0.2) is 6.10 Å². The summed E-state index contributed by atoms with van der Waals surface area (Å²) in [6.45, 7) is 7.72. The van der Waals surface area contributed by atoms with Crippen molar-refractivity contribution in [3.63, 3.8) is 0 Å². The first-order valence-electron chi connectivity index (χ1n) is 16.6. The minimum absolute atomic E-state index is 0. The lowest BCUT2D eigenvalue weighted by Crippen LogP contribution is -3.00. The molecule has 9 heteroatoms. The summed E-state index contributed by atoms with van der Waals surface area (Å²) in [5, 5.41) is 10.8. The number of rotatable bonds is 28. The van der Waals surface area contributed by atoms with E-state index in [0.29, 0.717) is 61.2 Å². The summed E-state index contributed by atoms with van der Waals surface area (Å²) in [7, 11) is 8.23. The molecule has 0 aliphatic heterocycles. The SMILES string of the molecule is CCCCCCCCCCCC(=O)OCC[N+](C)(C)CC(O)C[N+](C)(C)CCOC(=O)CCCCCCCCC.[Cl-].[Cl-]. The molecule has 0 aliphatic carbocycles. The predicted molar refractivity (Wildman–Crippen MR) is 166 cm³/mol. The van der Waals surface area contributed by atoms with Gasteiger partial charge in [-0.2, -0.15) is 0 Å². The lowest BCUT2D eigenvalue weighted by atomic mass is 10.1. The normalized spacial score (nSPS) is 12.3. The maximum Gasteiger partial charge on any atom is 0.305 e. The van der Waals surface area contributed by atoms with E-state index >= 15 is 0 Å². The second kappa shape index (κ2) is 29.1. The summed E-state index contributed by atoms with van der Waals surface area (Å²) in [5.74, 6) is -0.220. The lowest BCUT2D eigenvalue weighted by Gasteiger charge is -2.35. The Morgan fingerprint density at radius 2 is 0.833 bits per heavy atom. The monoisotopic (exact) mass is 642 g/mol. The summed E-state index contributed by atoms with van der Waals surface area (Å²) >= 11 is 0. The summed E-state index contributed by atoms with van der Waals surface area (Å²) in [6.07, 6.45) is 19.9. The maximum absolute atomic E-state index is 12.1. The molecule has 0 spiro atoms. The van der Waals surface area contributed by atoms with Crippen LogP contribution in [-0.2, 0) is 19.1 Å². The van der Waals surface area contributed by atoms with Crippen LogP contribution in [0, 0.1) is 0 Å². The standard InChI is InChI=1S/C33H68N2O5.2ClH/c1-7-9-11-13-15-16-18-20-22-24-33(38)40-28-26-35(5,6)30-31(36)29-34(3,4)25-27-39-32(37)23-21-19-17-14-12-10-8-2;;/h31,36H,7-30H2,1-6H3;2*1H/q+2;;/p-2.